The average molecular weight is 249 g/mol. The Balaban J connectivity index is 2.33. The highest BCUT2D eigenvalue weighted by atomic mass is 16.2. The number of piperidine rings is 1. The number of amides is 2. The van der Waals surface area contributed by atoms with E-state index in [9.17, 15) is 9.59 Å². The van der Waals surface area contributed by atoms with Crippen LogP contribution in [0.1, 0.15) is 32.6 Å². The minimum absolute atomic E-state index is 0.0404. The van der Waals surface area contributed by atoms with Crippen molar-refractivity contribution in [3.8, 4) is 6.07 Å². The van der Waals surface area contributed by atoms with E-state index < -0.39 is 0 Å². The zero-order chi connectivity index (χ0) is 13.4. The quantitative estimate of drug-likeness (QED) is 0.755. The molecule has 0 aromatic carbocycles. The van der Waals surface area contributed by atoms with E-state index in [0.717, 1.165) is 19.3 Å². The summed E-state index contributed by atoms with van der Waals surface area (Å²) in [5, 5.41) is 11.2. The number of rotatable bonds is 4. The van der Waals surface area contributed by atoms with Crippen LogP contribution in [0.15, 0.2) is 12.2 Å². The van der Waals surface area contributed by atoms with Gasteiger partial charge in [-0.1, -0.05) is 13.0 Å². The maximum absolute atomic E-state index is 11.7. The zero-order valence-corrected chi connectivity index (χ0v) is 10.7. The third-order valence-electron chi connectivity index (χ3n) is 2.91. The van der Waals surface area contributed by atoms with Gasteiger partial charge in [0.1, 0.15) is 6.42 Å². The monoisotopic (exact) mass is 249 g/mol. The lowest BCUT2D eigenvalue weighted by atomic mass is 10.0. The molecule has 2 amide bonds. The molecule has 1 saturated heterocycles. The van der Waals surface area contributed by atoms with Gasteiger partial charge in [0.2, 0.25) is 11.8 Å². The van der Waals surface area contributed by atoms with Crippen molar-refractivity contribution in [1.82, 2.24) is 10.2 Å². The molecule has 0 aliphatic carbocycles. The second-order valence-electron chi connectivity index (χ2n) is 4.31. The summed E-state index contributed by atoms with van der Waals surface area (Å²) in [4.78, 5) is 24.7. The van der Waals surface area contributed by atoms with Crippen LogP contribution in [0.5, 0.6) is 0 Å². The van der Waals surface area contributed by atoms with Gasteiger partial charge in [0.25, 0.3) is 0 Å². The van der Waals surface area contributed by atoms with E-state index in [1.165, 1.54) is 0 Å². The van der Waals surface area contributed by atoms with Crippen molar-refractivity contribution < 1.29 is 9.59 Å². The molecule has 98 valence electrons. The Morgan fingerprint density at radius 2 is 2.11 bits per heavy atom. The van der Waals surface area contributed by atoms with E-state index in [-0.39, 0.29) is 24.3 Å². The largest absolute Gasteiger partial charge is 0.352 e. The number of likely N-dealkylation sites (tertiary alicyclic amines) is 1. The number of carbonyl (C=O) groups excluding carboxylic acids is 2. The molecule has 0 aromatic rings. The number of nitrogens with one attached hydrogen (secondary N) is 1. The summed E-state index contributed by atoms with van der Waals surface area (Å²) in [5.74, 6) is -0.188. The first-order valence-electron chi connectivity index (χ1n) is 6.29. The highest BCUT2D eigenvalue weighted by Gasteiger charge is 2.22. The molecule has 0 atom stereocenters. The van der Waals surface area contributed by atoms with Gasteiger partial charge in [-0.15, -0.1) is 0 Å². The summed E-state index contributed by atoms with van der Waals surface area (Å²) < 4.78 is 0. The van der Waals surface area contributed by atoms with Crippen LogP contribution in [-0.4, -0.2) is 35.8 Å². The van der Waals surface area contributed by atoms with E-state index in [0.29, 0.717) is 13.1 Å². The molecule has 1 N–H and O–H groups in total. The topological polar surface area (TPSA) is 73.2 Å². The van der Waals surface area contributed by atoms with Crippen LogP contribution in [0.3, 0.4) is 0 Å². The maximum atomic E-state index is 11.7. The van der Waals surface area contributed by atoms with Crippen molar-refractivity contribution in [2.45, 2.75) is 38.6 Å². The Morgan fingerprint density at radius 1 is 1.44 bits per heavy atom. The molecule has 1 fully saturated rings. The van der Waals surface area contributed by atoms with Gasteiger partial charge in [0.15, 0.2) is 0 Å². The average Bonchev–Trinajstić information content (AvgIpc) is 2.37. The summed E-state index contributed by atoms with van der Waals surface area (Å²) in [6.07, 6.45) is 5.72. The summed E-state index contributed by atoms with van der Waals surface area (Å²) in [6.45, 7) is 3.30. The molecule has 0 unspecified atom stereocenters. The minimum Gasteiger partial charge on any atom is -0.352 e. The van der Waals surface area contributed by atoms with Crippen LogP contribution < -0.4 is 5.32 Å². The highest BCUT2D eigenvalue weighted by Crippen LogP contribution is 2.11. The second kappa shape index (κ2) is 7.49. The number of hydrogen-bond acceptors (Lipinski definition) is 3. The fraction of sp³-hybridized carbons (Fsp3) is 0.615. The van der Waals surface area contributed by atoms with Gasteiger partial charge >= 0.3 is 0 Å². The van der Waals surface area contributed by atoms with Crippen LogP contribution >= 0.6 is 0 Å². The van der Waals surface area contributed by atoms with Crippen molar-refractivity contribution in [2.75, 3.05) is 13.1 Å². The normalized spacial score (nSPS) is 16.6. The fourth-order valence-corrected chi connectivity index (χ4v) is 1.92. The number of hydrogen-bond donors (Lipinski definition) is 1. The molecule has 5 heteroatoms. The first kappa shape index (κ1) is 14.2. The van der Waals surface area contributed by atoms with Crippen molar-refractivity contribution in [3.05, 3.63) is 12.2 Å². The molecule has 18 heavy (non-hydrogen) atoms. The van der Waals surface area contributed by atoms with E-state index in [2.05, 4.69) is 5.32 Å². The smallest absolute Gasteiger partial charge is 0.246 e. The van der Waals surface area contributed by atoms with Gasteiger partial charge in [-0.2, -0.15) is 5.26 Å². The van der Waals surface area contributed by atoms with Gasteiger partial charge in [-0.25, -0.2) is 0 Å². The first-order valence-corrected chi connectivity index (χ1v) is 6.29. The molecule has 0 aromatic heterocycles. The number of carbonyl (C=O) groups is 2. The Hall–Kier alpha value is -1.83. The number of nitriles is 1. The Bertz CT molecular complexity index is 363. The lowest BCUT2D eigenvalue weighted by Crippen LogP contribution is -2.46. The van der Waals surface area contributed by atoms with Gasteiger partial charge < -0.3 is 10.2 Å². The second-order valence-corrected chi connectivity index (χ2v) is 4.31. The number of allylic oxidation sites excluding steroid dienone is 1. The van der Waals surface area contributed by atoms with Crippen LogP contribution in [0.25, 0.3) is 0 Å². The molecule has 5 nitrogen and oxygen atoms in total. The van der Waals surface area contributed by atoms with Gasteiger partial charge in [0, 0.05) is 19.1 Å². The molecule has 1 aliphatic heterocycles. The first-order chi connectivity index (χ1) is 8.67. The molecule has 0 bridgehead atoms. The molecular weight excluding hydrogens is 230 g/mol. The van der Waals surface area contributed by atoms with Crippen molar-refractivity contribution in [2.24, 2.45) is 0 Å². The third-order valence-corrected chi connectivity index (χ3v) is 2.91. The Labute approximate surface area is 107 Å². The summed E-state index contributed by atoms with van der Waals surface area (Å²) in [5.41, 5.74) is 0. The molecule has 0 spiro atoms. The predicted molar refractivity (Wildman–Crippen MR) is 67.4 cm³/mol. The molecular formula is C13H19N3O2. The molecule has 1 heterocycles. The molecule has 0 saturated carbocycles. The van der Waals surface area contributed by atoms with Crippen LogP contribution in [0, 0.1) is 11.3 Å². The third kappa shape index (κ3) is 4.58. The van der Waals surface area contributed by atoms with Crippen molar-refractivity contribution in [1.29, 1.82) is 5.26 Å². The van der Waals surface area contributed by atoms with E-state index in [4.69, 9.17) is 5.26 Å². The van der Waals surface area contributed by atoms with Crippen LogP contribution in [-0.2, 0) is 9.59 Å². The van der Waals surface area contributed by atoms with Crippen LogP contribution in [0.2, 0.25) is 0 Å². The highest BCUT2D eigenvalue weighted by molar-refractivity contribution is 5.87. The summed E-state index contributed by atoms with van der Waals surface area (Å²) >= 11 is 0. The summed E-state index contributed by atoms with van der Waals surface area (Å²) in [7, 11) is 0. The lowest BCUT2D eigenvalue weighted by molar-refractivity contribution is -0.127. The van der Waals surface area contributed by atoms with E-state index in [1.807, 2.05) is 19.1 Å². The standard InChI is InChI=1S/C13H19N3O2/c1-2-3-4-13(18)16-9-6-11(7-10-16)15-12(17)5-8-14/h3-4,11H,2,5-7,9-10H2,1H3,(H,15,17)/b4-3+. The maximum Gasteiger partial charge on any atom is 0.246 e. The van der Waals surface area contributed by atoms with Crippen molar-refractivity contribution >= 4 is 11.8 Å². The zero-order valence-electron chi connectivity index (χ0n) is 10.7. The van der Waals surface area contributed by atoms with E-state index in [1.54, 1.807) is 11.0 Å². The minimum atomic E-state index is -0.229. The SMILES string of the molecule is CC/C=C/C(=O)N1CCC(NC(=O)CC#N)CC1. The predicted octanol–water partition coefficient (Wildman–Crippen LogP) is 0.973. The van der Waals surface area contributed by atoms with Crippen LogP contribution in [0.4, 0.5) is 0 Å². The van der Waals surface area contributed by atoms with E-state index >= 15 is 0 Å². The van der Waals surface area contributed by atoms with Gasteiger partial charge in [-0.05, 0) is 25.3 Å². The number of nitrogens with zero attached hydrogens (tertiary/aromatic N) is 2. The van der Waals surface area contributed by atoms with Crippen molar-refractivity contribution in [3.63, 3.8) is 0 Å². The Kier molecular flexibility index (Phi) is 5.92. The molecule has 1 rings (SSSR count). The lowest BCUT2D eigenvalue weighted by Gasteiger charge is -2.31. The van der Waals surface area contributed by atoms with Gasteiger partial charge in [-0.3, -0.25) is 9.59 Å². The molecule has 0 radical (unpaired) electrons. The van der Waals surface area contributed by atoms with Gasteiger partial charge in [0.05, 0.1) is 6.07 Å². The molecule has 1 aliphatic rings. The Morgan fingerprint density at radius 3 is 2.67 bits per heavy atom. The summed E-state index contributed by atoms with van der Waals surface area (Å²) in [6, 6.07) is 1.91. The fourth-order valence-electron chi connectivity index (χ4n) is 1.92.